The third kappa shape index (κ3) is 3.43. The van der Waals surface area contributed by atoms with Gasteiger partial charge in [-0.1, -0.05) is 32.0 Å². The zero-order chi connectivity index (χ0) is 17.9. The number of phenolic OH excluding ortho intramolecular Hbond substituents is 1. The smallest absolute Gasteiger partial charge is 0.290 e. The molecule has 2 N–H and O–H groups in total. The Bertz CT molecular complexity index is 665. The van der Waals surface area contributed by atoms with E-state index in [9.17, 15) is 19.8 Å². The van der Waals surface area contributed by atoms with E-state index in [0.29, 0.717) is 5.56 Å². The minimum Gasteiger partial charge on any atom is -0.508 e. The maximum Gasteiger partial charge on any atom is 0.290 e. The van der Waals surface area contributed by atoms with Crippen LogP contribution in [0.15, 0.2) is 35.6 Å². The molecule has 1 heterocycles. The van der Waals surface area contributed by atoms with E-state index in [2.05, 4.69) is 0 Å². The van der Waals surface area contributed by atoms with Crippen molar-refractivity contribution in [2.24, 2.45) is 5.92 Å². The monoisotopic (exact) mass is 333 g/mol. The summed E-state index contributed by atoms with van der Waals surface area (Å²) >= 11 is 0. The number of carbonyl (C=O) groups excluding carboxylic acids is 2. The molecular weight excluding hydrogens is 310 g/mol. The first-order chi connectivity index (χ1) is 11.4. The van der Waals surface area contributed by atoms with Crippen LogP contribution in [0, 0.1) is 5.92 Å². The van der Waals surface area contributed by atoms with Crippen LogP contribution in [0.25, 0.3) is 0 Å². The first-order valence-corrected chi connectivity index (χ1v) is 7.92. The molecule has 1 aromatic rings. The second-order valence-electron chi connectivity index (χ2n) is 6.24. The van der Waals surface area contributed by atoms with Crippen molar-refractivity contribution in [1.82, 2.24) is 4.90 Å². The molecule has 1 unspecified atom stereocenters. The van der Waals surface area contributed by atoms with Crippen LogP contribution in [0.5, 0.6) is 5.75 Å². The number of hydrogen-bond donors (Lipinski definition) is 2. The molecule has 24 heavy (non-hydrogen) atoms. The van der Waals surface area contributed by atoms with Crippen LogP contribution in [0.1, 0.15) is 31.9 Å². The number of Topliss-reactive ketones (excluding diaryl/α,β-unsaturated/α-hetero) is 1. The predicted octanol–water partition coefficient (Wildman–Crippen LogP) is 2.35. The number of aliphatic hydroxyl groups excluding tert-OH is 1. The molecule has 1 amide bonds. The number of para-hydroxylation sites is 1. The standard InChI is InChI=1S/C18H23NO5/c1-11(2)10-14(21)15-16(12-6-4-5-7-13(12)20)19(8-9-24-3)18(23)17(15)22/h4-7,11,16,20,22H,8-10H2,1-3H3. The zero-order valence-corrected chi connectivity index (χ0v) is 14.2. The molecule has 0 saturated carbocycles. The summed E-state index contributed by atoms with van der Waals surface area (Å²) in [6.45, 7) is 4.25. The van der Waals surface area contributed by atoms with E-state index >= 15 is 0 Å². The summed E-state index contributed by atoms with van der Waals surface area (Å²) in [6, 6.07) is 5.71. The number of amides is 1. The molecule has 130 valence electrons. The minimum absolute atomic E-state index is 0.0257. The number of carbonyl (C=O) groups is 2. The number of phenols is 1. The van der Waals surface area contributed by atoms with Gasteiger partial charge in [-0.3, -0.25) is 9.59 Å². The number of aromatic hydroxyl groups is 1. The van der Waals surface area contributed by atoms with Gasteiger partial charge >= 0.3 is 0 Å². The van der Waals surface area contributed by atoms with Crippen molar-refractivity contribution in [3.05, 3.63) is 41.2 Å². The van der Waals surface area contributed by atoms with E-state index in [-0.39, 0.29) is 42.6 Å². The van der Waals surface area contributed by atoms with Crippen LogP contribution >= 0.6 is 0 Å². The minimum atomic E-state index is -0.805. The molecular formula is C18H23NO5. The Hall–Kier alpha value is -2.34. The first-order valence-electron chi connectivity index (χ1n) is 7.92. The highest BCUT2D eigenvalue weighted by atomic mass is 16.5. The molecule has 6 nitrogen and oxygen atoms in total. The Kier molecular flexibility index (Phi) is 5.62. The van der Waals surface area contributed by atoms with Gasteiger partial charge < -0.3 is 19.8 Å². The number of benzene rings is 1. The molecule has 0 radical (unpaired) electrons. The number of aliphatic hydroxyl groups is 1. The predicted molar refractivity (Wildman–Crippen MR) is 88.6 cm³/mol. The second-order valence-corrected chi connectivity index (χ2v) is 6.24. The van der Waals surface area contributed by atoms with Crippen LogP contribution < -0.4 is 0 Å². The van der Waals surface area contributed by atoms with E-state index in [1.165, 1.54) is 18.1 Å². The highest BCUT2D eigenvalue weighted by Crippen LogP contribution is 2.41. The maximum atomic E-state index is 12.6. The lowest BCUT2D eigenvalue weighted by Gasteiger charge is -2.27. The maximum absolute atomic E-state index is 12.6. The quantitative estimate of drug-likeness (QED) is 0.800. The number of methoxy groups -OCH3 is 1. The van der Waals surface area contributed by atoms with Crippen molar-refractivity contribution in [2.45, 2.75) is 26.3 Å². The largest absolute Gasteiger partial charge is 0.508 e. The van der Waals surface area contributed by atoms with E-state index in [1.54, 1.807) is 18.2 Å². The van der Waals surface area contributed by atoms with Crippen molar-refractivity contribution >= 4 is 11.7 Å². The molecule has 0 saturated heterocycles. The summed E-state index contributed by atoms with van der Waals surface area (Å²) in [7, 11) is 1.51. The number of nitrogens with zero attached hydrogens (tertiary/aromatic N) is 1. The highest BCUT2D eigenvalue weighted by molar-refractivity contribution is 6.09. The van der Waals surface area contributed by atoms with Gasteiger partial charge in [0.25, 0.3) is 5.91 Å². The average Bonchev–Trinajstić information content (AvgIpc) is 2.77. The zero-order valence-electron chi connectivity index (χ0n) is 14.2. The van der Waals surface area contributed by atoms with Crippen molar-refractivity contribution in [3.8, 4) is 5.75 Å². The first kappa shape index (κ1) is 18.0. The average molecular weight is 333 g/mol. The summed E-state index contributed by atoms with van der Waals surface area (Å²) in [5.41, 5.74) is 0.462. The van der Waals surface area contributed by atoms with Gasteiger partial charge in [0, 0.05) is 25.6 Å². The molecule has 1 aliphatic rings. The third-order valence-corrected chi connectivity index (χ3v) is 3.97. The van der Waals surface area contributed by atoms with Gasteiger partial charge in [-0.2, -0.15) is 0 Å². The van der Waals surface area contributed by atoms with Gasteiger partial charge in [0.2, 0.25) is 0 Å². The van der Waals surface area contributed by atoms with Crippen LogP contribution in [-0.2, 0) is 14.3 Å². The van der Waals surface area contributed by atoms with Crippen LogP contribution in [0.4, 0.5) is 0 Å². The number of hydrogen-bond acceptors (Lipinski definition) is 5. The van der Waals surface area contributed by atoms with Crippen LogP contribution in [0.3, 0.4) is 0 Å². The lowest BCUT2D eigenvalue weighted by atomic mass is 9.91. The van der Waals surface area contributed by atoms with E-state index in [0.717, 1.165) is 0 Å². The molecule has 1 atom stereocenters. The SMILES string of the molecule is COCCN1C(=O)C(O)=C(C(=O)CC(C)C)C1c1ccccc1O. The van der Waals surface area contributed by atoms with E-state index in [4.69, 9.17) is 4.74 Å². The summed E-state index contributed by atoms with van der Waals surface area (Å²) in [6.07, 6.45) is 0.217. The van der Waals surface area contributed by atoms with Gasteiger partial charge in [0.15, 0.2) is 11.5 Å². The molecule has 6 heteroatoms. The molecule has 0 bridgehead atoms. The summed E-state index contributed by atoms with van der Waals surface area (Å²) in [5, 5.41) is 20.5. The summed E-state index contributed by atoms with van der Waals surface area (Å²) < 4.78 is 5.02. The normalized spacial score (nSPS) is 17.9. The lowest BCUT2D eigenvalue weighted by molar-refractivity contribution is -0.130. The van der Waals surface area contributed by atoms with Gasteiger partial charge in [-0.25, -0.2) is 0 Å². The van der Waals surface area contributed by atoms with Crippen molar-refractivity contribution in [3.63, 3.8) is 0 Å². The Balaban J connectivity index is 2.50. The molecule has 1 aromatic carbocycles. The fraction of sp³-hybridized carbons (Fsp3) is 0.444. The topological polar surface area (TPSA) is 87.1 Å². The Morgan fingerprint density at radius 2 is 1.96 bits per heavy atom. The number of rotatable bonds is 7. The third-order valence-electron chi connectivity index (χ3n) is 3.97. The van der Waals surface area contributed by atoms with Crippen molar-refractivity contribution in [1.29, 1.82) is 0 Å². The number of ketones is 1. The molecule has 0 aromatic heterocycles. The number of ether oxygens (including phenoxy) is 1. The molecule has 0 fully saturated rings. The van der Waals surface area contributed by atoms with Crippen molar-refractivity contribution in [2.75, 3.05) is 20.3 Å². The summed E-state index contributed by atoms with van der Waals surface area (Å²) in [5.74, 6) is -1.38. The van der Waals surface area contributed by atoms with Crippen LogP contribution in [-0.4, -0.2) is 47.1 Å². The van der Waals surface area contributed by atoms with Gasteiger partial charge in [0.05, 0.1) is 18.2 Å². The van der Waals surface area contributed by atoms with Crippen LogP contribution in [0.2, 0.25) is 0 Å². The van der Waals surface area contributed by atoms with Gasteiger partial charge in [-0.05, 0) is 12.0 Å². The Morgan fingerprint density at radius 1 is 1.29 bits per heavy atom. The highest BCUT2D eigenvalue weighted by Gasteiger charge is 2.43. The molecule has 0 spiro atoms. The van der Waals surface area contributed by atoms with Gasteiger partial charge in [-0.15, -0.1) is 0 Å². The Morgan fingerprint density at radius 3 is 2.54 bits per heavy atom. The molecule has 2 rings (SSSR count). The van der Waals surface area contributed by atoms with Gasteiger partial charge in [0.1, 0.15) is 5.75 Å². The van der Waals surface area contributed by atoms with E-state index in [1.807, 2.05) is 13.8 Å². The van der Waals surface area contributed by atoms with Crippen molar-refractivity contribution < 1.29 is 24.5 Å². The summed E-state index contributed by atoms with van der Waals surface area (Å²) in [4.78, 5) is 26.4. The Labute approximate surface area is 141 Å². The lowest BCUT2D eigenvalue weighted by Crippen LogP contribution is -2.34. The fourth-order valence-electron chi connectivity index (χ4n) is 2.88. The fourth-order valence-corrected chi connectivity index (χ4v) is 2.88. The molecule has 0 aliphatic carbocycles. The second kappa shape index (κ2) is 7.49. The van der Waals surface area contributed by atoms with E-state index < -0.39 is 17.7 Å². The molecule has 1 aliphatic heterocycles.